The fourth-order valence-corrected chi connectivity index (χ4v) is 0.847. The zero-order chi connectivity index (χ0) is 16.4. The van der Waals surface area contributed by atoms with Gasteiger partial charge in [-0.15, -0.1) is 13.2 Å². The van der Waals surface area contributed by atoms with Crippen LogP contribution in [0.3, 0.4) is 0 Å². The molecule has 2 N–H and O–H groups in total. The van der Waals surface area contributed by atoms with Crippen molar-refractivity contribution < 1.29 is 19.4 Å². The molecule has 0 aliphatic carbocycles. The third-order valence-corrected chi connectivity index (χ3v) is 2.13. The van der Waals surface area contributed by atoms with Crippen LogP contribution in [0, 0.1) is 0 Å². The lowest BCUT2D eigenvalue weighted by Gasteiger charge is -2.23. The minimum atomic E-state index is -0.404. The van der Waals surface area contributed by atoms with Crippen molar-refractivity contribution >= 4 is 12.5 Å². The van der Waals surface area contributed by atoms with Crippen LogP contribution < -0.4 is 5.32 Å². The Bertz CT molecular complexity index is 243. The number of hydrogen-bond donors (Lipinski definition) is 2. The topological polar surface area (TPSA) is 80.2 Å². The lowest BCUT2D eigenvalue weighted by Crippen LogP contribution is -2.34. The van der Waals surface area contributed by atoms with Crippen LogP contribution in [0.25, 0.3) is 0 Å². The van der Waals surface area contributed by atoms with Gasteiger partial charge in [0, 0.05) is 20.2 Å². The number of aliphatic imine (C=N–C) groups is 1. The van der Waals surface area contributed by atoms with E-state index in [-0.39, 0.29) is 6.09 Å². The van der Waals surface area contributed by atoms with E-state index in [1.54, 1.807) is 7.11 Å². The van der Waals surface area contributed by atoms with E-state index in [9.17, 15) is 4.79 Å². The van der Waals surface area contributed by atoms with Gasteiger partial charge in [-0.05, 0) is 26.7 Å². The fraction of sp³-hybridized carbons (Fsp3) is 0.714. The first-order valence-corrected chi connectivity index (χ1v) is 6.44. The monoisotopic (exact) mass is 290 g/mol. The minimum absolute atomic E-state index is 0.373. The Kier molecular flexibility index (Phi) is 20.5. The lowest BCUT2D eigenvalue weighted by molar-refractivity contribution is 0.0363. The van der Waals surface area contributed by atoms with Gasteiger partial charge in [0.2, 0.25) is 0 Å². The van der Waals surface area contributed by atoms with Crippen molar-refractivity contribution in [3.63, 3.8) is 0 Å². The van der Waals surface area contributed by atoms with E-state index in [1.807, 2.05) is 20.8 Å². The van der Waals surface area contributed by atoms with E-state index in [2.05, 4.69) is 28.2 Å². The Hall–Kier alpha value is -1.56. The van der Waals surface area contributed by atoms with Crippen molar-refractivity contribution in [2.24, 2.45) is 4.99 Å². The standard InChI is InChI=1S/C11H22N2O3.C2H4.CH4O/c1-5-11(2,3)16-10(14)13-8-6-7-12-9-15-4;2*1-2/h9H,5-8H2,1-4H3,(H,13,14);1-2H2;2H,1H3. The first-order valence-electron chi connectivity index (χ1n) is 6.44. The van der Waals surface area contributed by atoms with Crippen molar-refractivity contribution in [2.75, 3.05) is 27.3 Å². The van der Waals surface area contributed by atoms with Crippen molar-refractivity contribution in [1.29, 1.82) is 0 Å². The van der Waals surface area contributed by atoms with Gasteiger partial charge in [0.25, 0.3) is 0 Å². The molecule has 0 fully saturated rings. The van der Waals surface area contributed by atoms with Crippen LogP contribution in [-0.2, 0) is 9.47 Å². The molecule has 0 aromatic carbocycles. The zero-order valence-electron chi connectivity index (χ0n) is 13.4. The summed E-state index contributed by atoms with van der Waals surface area (Å²) in [5.74, 6) is 0. The summed E-state index contributed by atoms with van der Waals surface area (Å²) in [7, 11) is 2.55. The van der Waals surface area contributed by atoms with Gasteiger partial charge in [-0.25, -0.2) is 4.79 Å². The molecular formula is C14H30N2O4. The maximum atomic E-state index is 11.3. The number of methoxy groups -OCH3 is 1. The smallest absolute Gasteiger partial charge is 0.407 e. The number of nitrogens with one attached hydrogen (secondary N) is 1. The summed E-state index contributed by atoms with van der Waals surface area (Å²) in [4.78, 5) is 15.2. The van der Waals surface area contributed by atoms with Crippen LogP contribution in [0.5, 0.6) is 0 Å². The van der Waals surface area contributed by atoms with Gasteiger partial charge in [0.05, 0.1) is 7.11 Å². The number of rotatable bonds is 7. The lowest BCUT2D eigenvalue weighted by atomic mass is 10.1. The first kappa shape index (κ1) is 23.5. The maximum absolute atomic E-state index is 11.3. The average Bonchev–Trinajstić information content (AvgIpc) is 2.46. The molecule has 0 unspecified atom stereocenters. The van der Waals surface area contributed by atoms with Crippen molar-refractivity contribution in [2.45, 2.75) is 39.2 Å². The highest BCUT2D eigenvalue weighted by Gasteiger charge is 2.19. The Balaban J connectivity index is -0.000000656. The van der Waals surface area contributed by atoms with Crippen LogP contribution in [0.4, 0.5) is 4.79 Å². The van der Waals surface area contributed by atoms with Crippen molar-refractivity contribution in [1.82, 2.24) is 5.32 Å². The largest absolute Gasteiger partial charge is 0.487 e. The molecule has 0 spiro atoms. The third-order valence-electron chi connectivity index (χ3n) is 2.13. The number of hydrogen-bond acceptors (Lipinski definition) is 5. The van der Waals surface area contributed by atoms with Gasteiger partial charge in [-0.2, -0.15) is 0 Å². The second-order valence-electron chi connectivity index (χ2n) is 4.03. The summed E-state index contributed by atoms with van der Waals surface area (Å²) >= 11 is 0. The third kappa shape index (κ3) is 18.8. The van der Waals surface area contributed by atoms with E-state index in [0.29, 0.717) is 13.1 Å². The number of carbonyl (C=O) groups is 1. The summed E-state index contributed by atoms with van der Waals surface area (Å²) in [6.07, 6.45) is 2.57. The van der Waals surface area contributed by atoms with Gasteiger partial charge in [-0.1, -0.05) is 6.92 Å². The summed E-state index contributed by atoms with van der Waals surface area (Å²) in [6, 6.07) is 0. The molecular weight excluding hydrogens is 260 g/mol. The number of aliphatic hydroxyl groups is 1. The van der Waals surface area contributed by atoms with Crippen molar-refractivity contribution in [3.05, 3.63) is 13.2 Å². The molecule has 0 radical (unpaired) electrons. The number of carbonyl (C=O) groups excluding carboxylic acids is 1. The van der Waals surface area contributed by atoms with Gasteiger partial charge in [0.15, 0.2) is 6.40 Å². The molecule has 120 valence electrons. The van der Waals surface area contributed by atoms with Crippen LogP contribution in [0.1, 0.15) is 33.6 Å². The second-order valence-corrected chi connectivity index (χ2v) is 4.03. The van der Waals surface area contributed by atoms with Gasteiger partial charge in [0.1, 0.15) is 5.60 Å². The number of amides is 1. The molecule has 6 nitrogen and oxygen atoms in total. The van der Waals surface area contributed by atoms with E-state index in [1.165, 1.54) is 6.40 Å². The predicted octanol–water partition coefficient (Wildman–Crippen LogP) is 2.38. The molecule has 0 saturated heterocycles. The molecule has 1 amide bonds. The summed E-state index contributed by atoms with van der Waals surface area (Å²) in [6.45, 7) is 12.9. The molecule has 0 aliphatic heterocycles. The molecule has 0 bridgehead atoms. The zero-order valence-corrected chi connectivity index (χ0v) is 13.4. The predicted molar refractivity (Wildman–Crippen MR) is 83.2 cm³/mol. The van der Waals surface area contributed by atoms with Crippen LogP contribution in [0.15, 0.2) is 18.2 Å². The number of nitrogens with zero attached hydrogens (tertiary/aromatic N) is 1. The molecule has 0 aromatic rings. The van der Waals surface area contributed by atoms with Crippen LogP contribution >= 0.6 is 0 Å². The average molecular weight is 290 g/mol. The maximum Gasteiger partial charge on any atom is 0.407 e. The van der Waals surface area contributed by atoms with E-state index >= 15 is 0 Å². The Morgan fingerprint density at radius 1 is 1.40 bits per heavy atom. The highest BCUT2D eigenvalue weighted by molar-refractivity contribution is 5.67. The SMILES string of the molecule is C=C.CCC(C)(C)OC(=O)NCCCN=COC.CO. The number of aliphatic hydroxyl groups excluding tert-OH is 1. The second kappa shape index (κ2) is 17.4. The minimum Gasteiger partial charge on any atom is -0.487 e. The molecule has 0 saturated carbocycles. The fourth-order valence-electron chi connectivity index (χ4n) is 0.847. The van der Waals surface area contributed by atoms with Crippen LogP contribution in [-0.4, -0.2) is 50.5 Å². The molecule has 0 heterocycles. The highest BCUT2D eigenvalue weighted by atomic mass is 16.6. The first-order chi connectivity index (χ1) is 9.52. The highest BCUT2D eigenvalue weighted by Crippen LogP contribution is 2.13. The number of alkyl carbamates (subject to hydrolysis) is 1. The molecule has 0 aliphatic rings. The molecule has 0 rings (SSSR count). The molecule has 0 atom stereocenters. The molecule has 20 heavy (non-hydrogen) atoms. The Morgan fingerprint density at radius 2 is 1.95 bits per heavy atom. The normalized spacial score (nSPS) is 9.70. The van der Waals surface area contributed by atoms with Gasteiger partial charge >= 0.3 is 6.09 Å². The number of ether oxygens (including phenoxy) is 2. The Morgan fingerprint density at radius 3 is 2.40 bits per heavy atom. The summed E-state index contributed by atoms with van der Waals surface area (Å²) in [5.41, 5.74) is -0.404. The van der Waals surface area contributed by atoms with Crippen LogP contribution in [0.2, 0.25) is 0 Å². The quantitative estimate of drug-likeness (QED) is 0.326. The summed E-state index contributed by atoms with van der Waals surface area (Å²) in [5, 5.41) is 9.67. The van der Waals surface area contributed by atoms with E-state index < -0.39 is 5.60 Å². The van der Waals surface area contributed by atoms with Gasteiger partial charge in [-0.3, -0.25) is 4.99 Å². The Labute approximate surface area is 122 Å². The van der Waals surface area contributed by atoms with Gasteiger partial charge < -0.3 is 19.9 Å². The summed E-state index contributed by atoms with van der Waals surface area (Å²) < 4.78 is 9.85. The molecule has 6 heteroatoms. The van der Waals surface area contributed by atoms with E-state index in [4.69, 9.17) is 9.84 Å². The van der Waals surface area contributed by atoms with E-state index in [0.717, 1.165) is 20.0 Å². The molecule has 0 aromatic heterocycles. The van der Waals surface area contributed by atoms with Crippen molar-refractivity contribution in [3.8, 4) is 0 Å².